The second kappa shape index (κ2) is 12.0. The molecule has 1 aromatic carbocycles. The van der Waals surface area contributed by atoms with Gasteiger partial charge in [-0.2, -0.15) is 0 Å². The van der Waals surface area contributed by atoms with Crippen LogP contribution in [0, 0.1) is 11.7 Å². The fraction of sp³-hybridized carbons (Fsp3) is 0.667. The quantitative estimate of drug-likeness (QED) is 0.491. The van der Waals surface area contributed by atoms with Gasteiger partial charge in [-0.25, -0.2) is 4.39 Å². The molecule has 4 fully saturated rings. The van der Waals surface area contributed by atoms with Crippen molar-refractivity contribution in [2.24, 2.45) is 5.92 Å². The first kappa shape index (κ1) is 26.2. The Hall–Kier alpha value is -2.41. The third kappa shape index (κ3) is 6.54. The highest BCUT2D eigenvalue weighted by molar-refractivity contribution is 5.87. The summed E-state index contributed by atoms with van der Waals surface area (Å²) in [6, 6.07) is 5.93. The van der Waals surface area contributed by atoms with E-state index in [-0.39, 0.29) is 35.5 Å². The highest BCUT2D eigenvalue weighted by atomic mass is 19.1. The van der Waals surface area contributed by atoms with Crippen LogP contribution >= 0.6 is 0 Å². The van der Waals surface area contributed by atoms with Crippen LogP contribution in [-0.2, 0) is 9.59 Å². The zero-order chi connectivity index (χ0) is 25.8. The first-order chi connectivity index (χ1) is 18.0. The molecule has 7 heteroatoms. The molecule has 1 unspecified atom stereocenters. The largest absolute Gasteiger partial charge is 0.374 e. The van der Waals surface area contributed by atoms with Crippen molar-refractivity contribution in [3.63, 3.8) is 0 Å². The first-order valence-corrected chi connectivity index (χ1v) is 14.6. The molecule has 0 bridgehead atoms. The van der Waals surface area contributed by atoms with Crippen molar-refractivity contribution in [3.05, 3.63) is 41.9 Å². The summed E-state index contributed by atoms with van der Waals surface area (Å²) in [5.74, 6) is 0.396. The minimum atomic E-state index is -0.354. The normalized spacial score (nSPS) is 28.5. The Bertz CT molecular complexity index is 976. The van der Waals surface area contributed by atoms with E-state index in [0.717, 1.165) is 82.1 Å². The molecule has 37 heavy (non-hydrogen) atoms. The summed E-state index contributed by atoms with van der Waals surface area (Å²) in [4.78, 5) is 27.5. The molecule has 1 atom stereocenters. The standard InChI is InChI=1S/C30H43FN4O2/c1-20-7-14-28(30(37)32-20)33-24-10-13-26(27(31)19-24)21-15-17-35(18-16-21)25-11-8-22(9-12-25)29(36)34-23-5-3-2-4-6-23/h10,13,19,21-23,25,28,33H,1-9,11-12,14-18H2,(H,32,37)(H,34,36). The highest BCUT2D eigenvalue weighted by Crippen LogP contribution is 2.35. The van der Waals surface area contributed by atoms with E-state index in [1.165, 1.54) is 25.3 Å². The number of anilines is 1. The molecule has 2 heterocycles. The summed E-state index contributed by atoms with van der Waals surface area (Å²) in [6.07, 6.45) is 13.5. The number of likely N-dealkylation sites (tertiary alicyclic amines) is 1. The van der Waals surface area contributed by atoms with E-state index < -0.39 is 0 Å². The minimum absolute atomic E-state index is 0.105. The Labute approximate surface area is 220 Å². The summed E-state index contributed by atoms with van der Waals surface area (Å²) in [5, 5.41) is 9.27. The fourth-order valence-corrected chi connectivity index (χ4v) is 6.91. The van der Waals surface area contributed by atoms with Gasteiger partial charge in [0.25, 0.3) is 0 Å². The highest BCUT2D eigenvalue weighted by Gasteiger charge is 2.33. The monoisotopic (exact) mass is 510 g/mol. The lowest BCUT2D eigenvalue weighted by atomic mass is 9.82. The van der Waals surface area contributed by atoms with Crippen LogP contribution in [0.25, 0.3) is 0 Å². The summed E-state index contributed by atoms with van der Waals surface area (Å²) in [5.41, 5.74) is 2.18. The number of nitrogens with zero attached hydrogens (tertiary/aromatic N) is 1. The van der Waals surface area contributed by atoms with Crippen molar-refractivity contribution in [1.82, 2.24) is 15.5 Å². The van der Waals surface area contributed by atoms with E-state index in [2.05, 4.69) is 27.4 Å². The van der Waals surface area contributed by atoms with E-state index in [1.54, 1.807) is 0 Å². The molecule has 3 N–H and O–H groups in total. The molecule has 0 radical (unpaired) electrons. The SMILES string of the molecule is C=C1CCC(Nc2ccc(C3CCN(C4CCC(C(=O)NC5CCCCC5)CC4)CC3)c(F)c2)C(=O)N1. The second-order valence-electron chi connectivity index (χ2n) is 11.7. The number of amides is 2. The molecule has 6 nitrogen and oxygen atoms in total. The smallest absolute Gasteiger partial charge is 0.246 e. The van der Waals surface area contributed by atoms with Crippen molar-refractivity contribution in [3.8, 4) is 0 Å². The number of halogens is 1. The van der Waals surface area contributed by atoms with E-state index in [9.17, 15) is 9.59 Å². The Kier molecular flexibility index (Phi) is 8.48. The van der Waals surface area contributed by atoms with Crippen LogP contribution in [0.1, 0.15) is 95.0 Å². The van der Waals surface area contributed by atoms with Gasteiger partial charge in [0.05, 0.1) is 0 Å². The average Bonchev–Trinajstić information content (AvgIpc) is 2.91. The van der Waals surface area contributed by atoms with Crippen LogP contribution in [-0.4, -0.2) is 47.9 Å². The maximum absolute atomic E-state index is 15.1. The molecule has 2 saturated heterocycles. The lowest BCUT2D eigenvalue weighted by Gasteiger charge is -2.41. The molecule has 5 rings (SSSR count). The summed E-state index contributed by atoms with van der Waals surface area (Å²) < 4.78 is 15.1. The van der Waals surface area contributed by atoms with E-state index in [1.807, 2.05) is 12.1 Å². The zero-order valence-corrected chi connectivity index (χ0v) is 22.1. The molecule has 0 aromatic heterocycles. The van der Waals surface area contributed by atoms with Crippen LogP contribution in [0.5, 0.6) is 0 Å². The Morgan fingerprint density at radius 2 is 1.70 bits per heavy atom. The number of nitrogens with one attached hydrogen (secondary N) is 3. The molecule has 2 saturated carbocycles. The predicted molar refractivity (Wildman–Crippen MR) is 145 cm³/mol. The van der Waals surface area contributed by atoms with Crippen molar-refractivity contribution < 1.29 is 14.0 Å². The number of hydrogen-bond donors (Lipinski definition) is 3. The van der Waals surface area contributed by atoms with E-state index >= 15 is 4.39 Å². The number of allylic oxidation sites excluding steroid dienone is 1. The number of hydrogen-bond acceptors (Lipinski definition) is 4. The van der Waals surface area contributed by atoms with Crippen LogP contribution < -0.4 is 16.0 Å². The predicted octanol–water partition coefficient (Wildman–Crippen LogP) is 5.22. The number of piperidine rings is 2. The van der Waals surface area contributed by atoms with E-state index in [0.29, 0.717) is 24.2 Å². The number of carbonyl (C=O) groups excluding carboxylic acids is 2. The molecule has 4 aliphatic rings. The second-order valence-corrected chi connectivity index (χ2v) is 11.7. The third-order valence-corrected chi connectivity index (χ3v) is 9.20. The Balaban J connectivity index is 1.07. The average molecular weight is 511 g/mol. The van der Waals surface area contributed by atoms with Gasteiger partial charge in [-0.1, -0.05) is 31.9 Å². The lowest BCUT2D eigenvalue weighted by Crippen LogP contribution is -2.45. The van der Waals surface area contributed by atoms with Crippen molar-refractivity contribution in [1.29, 1.82) is 0 Å². The minimum Gasteiger partial charge on any atom is -0.374 e. The van der Waals surface area contributed by atoms with Crippen LogP contribution in [0.2, 0.25) is 0 Å². The van der Waals surface area contributed by atoms with Crippen LogP contribution in [0.4, 0.5) is 10.1 Å². The van der Waals surface area contributed by atoms with Gasteiger partial charge in [0.1, 0.15) is 11.9 Å². The summed E-state index contributed by atoms with van der Waals surface area (Å²) in [7, 11) is 0. The first-order valence-electron chi connectivity index (χ1n) is 14.6. The van der Waals surface area contributed by atoms with Gasteiger partial charge < -0.3 is 20.9 Å². The van der Waals surface area contributed by atoms with Crippen LogP contribution in [0.15, 0.2) is 30.5 Å². The van der Waals surface area contributed by atoms with Gasteiger partial charge in [0, 0.05) is 29.4 Å². The Morgan fingerprint density at radius 1 is 0.973 bits per heavy atom. The molecule has 2 aliphatic carbocycles. The fourth-order valence-electron chi connectivity index (χ4n) is 6.91. The zero-order valence-electron chi connectivity index (χ0n) is 22.1. The van der Waals surface area contributed by atoms with E-state index in [4.69, 9.17) is 0 Å². The molecular formula is C30H43FN4O2. The third-order valence-electron chi connectivity index (χ3n) is 9.20. The lowest BCUT2D eigenvalue weighted by molar-refractivity contribution is -0.127. The molecule has 2 amide bonds. The molecule has 0 spiro atoms. The van der Waals surface area contributed by atoms with Gasteiger partial charge in [0.15, 0.2) is 0 Å². The maximum atomic E-state index is 15.1. The number of carbonyl (C=O) groups is 2. The maximum Gasteiger partial charge on any atom is 0.246 e. The topological polar surface area (TPSA) is 73.5 Å². The van der Waals surface area contributed by atoms with Gasteiger partial charge in [0.2, 0.25) is 11.8 Å². The van der Waals surface area contributed by atoms with Crippen molar-refractivity contribution >= 4 is 17.5 Å². The molecule has 1 aromatic rings. The molecule has 2 aliphatic heterocycles. The van der Waals surface area contributed by atoms with Gasteiger partial charge in [-0.15, -0.1) is 0 Å². The van der Waals surface area contributed by atoms with Crippen molar-refractivity contribution in [2.45, 2.75) is 108 Å². The van der Waals surface area contributed by atoms with Gasteiger partial charge in [-0.3, -0.25) is 9.59 Å². The summed E-state index contributed by atoms with van der Waals surface area (Å²) in [6.45, 7) is 5.78. The summed E-state index contributed by atoms with van der Waals surface area (Å²) >= 11 is 0. The number of rotatable bonds is 6. The number of benzene rings is 1. The van der Waals surface area contributed by atoms with Gasteiger partial charge in [-0.05, 0) is 101 Å². The van der Waals surface area contributed by atoms with Gasteiger partial charge >= 0.3 is 0 Å². The molecule has 202 valence electrons. The van der Waals surface area contributed by atoms with Crippen LogP contribution in [0.3, 0.4) is 0 Å². The molecular weight excluding hydrogens is 467 g/mol. The van der Waals surface area contributed by atoms with Crippen molar-refractivity contribution in [2.75, 3.05) is 18.4 Å². The Morgan fingerprint density at radius 3 is 2.38 bits per heavy atom.